The van der Waals surface area contributed by atoms with E-state index in [0.29, 0.717) is 44.5 Å². The van der Waals surface area contributed by atoms with Crippen LogP contribution in [0.25, 0.3) is 44.5 Å². The molecule has 0 bridgehead atoms. The summed E-state index contributed by atoms with van der Waals surface area (Å²) in [4.78, 5) is 0. The largest absolute Gasteiger partial charge is 2.00 e. The molecule has 0 aromatic heterocycles. The Kier molecular flexibility index (Phi) is 94.5. The maximum absolute atomic E-state index is 7.96. The average Bonchev–Trinajstić information content (AvgIpc) is 0.725. The van der Waals surface area contributed by atoms with E-state index >= 15 is 0 Å². The molecule has 0 spiro atoms. The zero-order valence-corrected chi connectivity index (χ0v) is 101. The van der Waals surface area contributed by atoms with Crippen LogP contribution in [0.15, 0.2) is 170 Å². The molecule has 0 N–H and O–H groups in total. The van der Waals surface area contributed by atoms with Gasteiger partial charge >= 0.3 is 84.3 Å². The van der Waals surface area contributed by atoms with Gasteiger partial charge < -0.3 is 51.4 Å². The van der Waals surface area contributed by atoms with E-state index in [2.05, 4.69) is 261 Å². The van der Waals surface area contributed by atoms with Crippen LogP contribution in [-0.2, 0) is 84.3 Å². The summed E-state index contributed by atoms with van der Waals surface area (Å²) in [5.74, 6) is 42.2. The van der Waals surface area contributed by atoms with Crippen LogP contribution >= 0.6 is 63.4 Å². The Hall–Kier alpha value is -5.33. The Morgan fingerprint density at radius 2 is 0.258 bits per heavy atom. The van der Waals surface area contributed by atoms with Gasteiger partial charge in [0.25, 0.3) is 0 Å². The molecule has 0 unspecified atom stereocenters. The summed E-state index contributed by atoms with van der Waals surface area (Å²) in [5.41, 5.74) is 14.6. The minimum absolute atomic E-state index is 0. The van der Waals surface area contributed by atoms with Crippen molar-refractivity contribution in [1.29, 1.82) is 0 Å². The van der Waals surface area contributed by atoms with E-state index in [-0.39, 0.29) is 148 Å². The molecule has 0 saturated heterocycles. The third kappa shape index (κ3) is 53.6. The first-order valence-electron chi connectivity index (χ1n) is 47.2. The van der Waals surface area contributed by atoms with Gasteiger partial charge in [0.05, 0.1) is 148 Å². The number of hydrogen-bond donors (Lipinski definition) is 0. The molecule has 8 aromatic rings. The summed E-state index contributed by atoms with van der Waals surface area (Å²) in [6, 6.07) is 52.0. The van der Waals surface area contributed by atoms with Gasteiger partial charge in [-0.15, -0.1) is 93.0 Å². The van der Waals surface area contributed by atoms with Crippen LogP contribution in [0.3, 0.4) is 0 Å². The smallest absolute Gasteiger partial charge is 0.366 e. The van der Waals surface area contributed by atoms with E-state index in [1.54, 1.807) is 24.3 Å². The second-order valence-electron chi connectivity index (χ2n) is 29.6. The van der Waals surface area contributed by atoms with Crippen molar-refractivity contribution in [2.75, 3.05) is 148 Å². The van der Waals surface area contributed by atoms with Crippen LogP contribution in [0.1, 0.15) is 233 Å². The molecule has 12 heteroatoms. The predicted molar refractivity (Wildman–Crippen MR) is 604 cm³/mol. The van der Waals surface area contributed by atoms with Gasteiger partial charge in [-0.2, -0.15) is 0 Å². The van der Waals surface area contributed by atoms with E-state index in [9.17, 15) is 0 Å². The van der Waals surface area contributed by atoms with Gasteiger partial charge in [-0.1, -0.05) is 167 Å². The van der Waals surface area contributed by atoms with Crippen LogP contribution in [0.5, 0.6) is 0 Å². The molecular formula is C120H156P8Pt4+8. The SMILES string of the molecule is CC[PH+](CC)CC.CC[PH+](CC)CC.CC[PH+](CC)CC.CC[PH+](CC)CC.CC[PH+](CC)CC.CC[PH+](CC)CC.CC[PH+](CC)CC.CC[PH+](CC)CC.[C-]#Cc1cccc2c1-c1c(C#[C-])cccc1-c1cccc(C#[C-])c1-c1c(C#[C-])cccc1-2.[C-]#Cc1ccccc1C#CC#Cc1ccccc1C#[C-].[C-]#Cc1ccccc1C#CC#Cc1ccccc1C#[C-].[Pt+2].[Pt+2].[Pt+2].[Pt+2]. The first kappa shape index (κ1) is 137. The molecule has 0 atom stereocenters. The Morgan fingerprint density at radius 1 is 0.152 bits per heavy atom. The van der Waals surface area contributed by atoms with Crippen molar-refractivity contribution in [2.24, 2.45) is 0 Å². The van der Waals surface area contributed by atoms with Gasteiger partial charge in [-0.05, 0) is 298 Å². The van der Waals surface area contributed by atoms with Gasteiger partial charge in [0.15, 0.2) is 0 Å². The molecule has 0 fully saturated rings. The standard InChI is InChI=1S/C32H12.2C20H8.8C6H15P.4Pt/c1-5-21-13-9-17-25-26-18-11-15-23(7-3)31(26)32-24(8-4)16-12-20-28(32)27-19-10-14-22(6-2)30(27)29(21)25;2*1-3-17-11-5-7-13-19(17)15-9-10-16-20-14-8-6-12-18(20)4-2;8*1-4-7(5-2)6-3;;;;/h9-20H;2*5-8,11-14H;8*4-6H2,1-3H3;;;;/q-4;2*-2;;;;;;;;;4*+2/p+8. The summed E-state index contributed by atoms with van der Waals surface area (Å²) >= 11 is 0. The van der Waals surface area contributed by atoms with E-state index in [0.717, 1.165) is 66.8 Å². The molecule has 0 amide bonds. The van der Waals surface area contributed by atoms with E-state index < -0.39 is 0 Å². The second-order valence-corrected chi connectivity index (χ2v) is 58.6. The summed E-state index contributed by atoms with van der Waals surface area (Å²) in [6.07, 6.45) is 95.4. The maximum atomic E-state index is 7.96. The zero-order chi connectivity index (χ0) is 96.2. The van der Waals surface area contributed by atoms with Crippen molar-refractivity contribution in [3.63, 3.8) is 0 Å². The van der Waals surface area contributed by atoms with Crippen molar-refractivity contribution in [3.8, 4) is 139 Å². The molecule has 0 nitrogen and oxygen atoms in total. The topological polar surface area (TPSA) is 0 Å². The average molecular weight is 2630 g/mol. The predicted octanol–water partition coefficient (Wildman–Crippen LogP) is 30.4. The number of rotatable bonds is 24. The fraction of sp³-hybridized carbons (Fsp3) is 0.400. The van der Waals surface area contributed by atoms with Gasteiger partial charge in [-0.25, -0.2) is 0 Å². The van der Waals surface area contributed by atoms with Gasteiger partial charge in [0.1, 0.15) is 0 Å². The van der Waals surface area contributed by atoms with Crippen molar-refractivity contribution in [3.05, 3.63) is 288 Å². The van der Waals surface area contributed by atoms with Crippen LogP contribution in [-0.4, -0.2) is 148 Å². The van der Waals surface area contributed by atoms with Crippen LogP contribution in [0.2, 0.25) is 0 Å². The summed E-state index contributed by atoms with van der Waals surface area (Å²) in [5, 5.41) is 0. The first-order valence-corrected chi connectivity index (χ1v) is 64.2. The molecule has 132 heavy (non-hydrogen) atoms. The Balaban J connectivity index is -0.000000352. The number of fused-ring (bicyclic) bond motifs is 8. The van der Waals surface area contributed by atoms with Gasteiger partial charge in [-0.3, -0.25) is 47.4 Å². The molecule has 708 valence electrons. The van der Waals surface area contributed by atoms with Gasteiger partial charge in [0.2, 0.25) is 0 Å². The maximum Gasteiger partial charge on any atom is 2.00 e. The van der Waals surface area contributed by atoms with E-state index in [4.69, 9.17) is 51.4 Å². The molecule has 9 rings (SSSR count). The monoisotopic (exact) mass is 2620 g/mol. The molecule has 0 aliphatic heterocycles. The third-order valence-corrected chi connectivity index (χ3v) is 47.0. The minimum Gasteiger partial charge on any atom is -0.366 e. The summed E-state index contributed by atoms with van der Waals surface area (Å²) in [6.45, 7) is 55.4. The van der Waals surface area contributed by atoms with Crippen molar-refractivity contribution in [1.82, 2.24) is 0 Å². The Bertz CT molecular complexity index is 4330. The van der Waals surface area contributed by atoms with Crippen molar-refractivity contribution >= 4 is 63.4 Å². The van der Waals surface area contributed by atoms with Crippen LogP contribution < -0.4 is 0 Å². The van der Waals surface area contributed by atoms with Crippen LogP contribution in [0, 0.1) is 146 Å². The molecule has 1 aliphatic rings. The third-order valence-electron chi connectivity index (χ3n) is 23.0. The molecule has 0 heterocycles. The summed E-state index contributed by atoms with van der Waals surface area (Å²) < 4.78 is 0. The Labute approximate surface area is 880 Å². The fourth-order valence-electron chi connectivity index (χ4n) is 13.8. The second kappa shape index (κ2) is 90.8. The first-order chi connectivity index (χ1) is 62.2. The van der Waals surface area contributed by atoms with E-state index in [1.807, 2.05) is 146 Å². The van der Waals surface area contributed by atoms with Crippen LogP contribution in [0.4, 0.5) is 0 Å². The molecule has 8 aromatic carbocycles. The molecule has 1 aliphatic carbocycles. The minimum atomic E-state index is 0. The molecular weight excluding hydrogens is 2470 g/mol. The van der Waals surface area contributed by atoms with Crippen molar-refractivity contribution in [2.45, 2.75) is 166 Å². The number of hydrogen-bond acceptors (Lipinski definition) is 0. The molecule has 0 radical (unpaired) electrons. The summed E-state index contributed by atoms with van der Waals surface area (Å²) in [7, 11) is 1.10. The number of benzene rings is 8. The Morgan fingerprint density at radius 3 is 0.356 bits per heavy atom. The zero-order valence-electron chi connectivity index (χ0n) is 84.4. The normalized spacial score (nSPS) is 9.33. The van der Waals surface area contributed by atoms with Crippen molar-refractivity contribution < 1.29 is 84.3 Å². The van der Waals surface area contributed by atoms with E-state index in [1.165, 1.54) is 148 Å². The molecule has 0 saturated carbocycles. The fourth-order valence-corrected chi connectivity index (χ4v) is 25.8. The van der Waals surface area contributed by atoms with Gasteiger partial charge in [0, 0.05) is 0 Å². The quantitative estimate of drug-likeness (QED) is 0.0321.